The van der Waals surface area contributed by atoms with Crippen LogP contribution in [0.2, 0.25) is 10.3 Å². The Morgan fingerprint density at radius 3 is 2.11 bits per heavy atom. The lowest BCUT2D eigenvalue weighted by atomic mass is 9.13. The van der Waals surface area contributed by atoms with Crippen molar-refractivity contribution in [1.29, 1.82) is 0 Å². The highest BCUT2D eigenvalue weighted by Gasteiger charge is 2.47. The molecule has 0 radical (unpaired) electrons. The predicted octanol–water partition coefficient (Wildman–Crippen LogP) is -2.30. The maximum absolute atomic E-state index is 14.2. The van der Waals surface area contributed by atoms with Crippen LogP contribution < -0.4 is 18.9 Å². The highest BCUT2D eigenvalue weighted by molar-refractivity contribution is 7.98. The molecule has 3 aromatic rings. The van der Waals surface area contributed by atoms with Crippen LogP contribution in [0, 0.1) is 0 Å². The number of hydrogen-bond donors (Lipinski definition) is 2. The Labute approximate surface area is 272 Å². The lowest BCUT2D eigenvalue weighted by molar-refractivity contribution is -0.129. The summed E-state index contributed by atoms with van der Waals surface area (Å²) < 4.78 is 21.0. The summed E-state index contributed by atoms with van der Waals surface area (Å²) in [6.45, 7) is 4.38. The van der Waals surface area contributed by atoms with Crippen molar-refractivity contribution in [3.63, 3.8) is 0 Å². The molecule has 0 aliphatic carbocycles. The van der Waals surface area contributed by atoms with Gasteiger partial charge in [0.25, 0.3) is 5.91 Å². The summed E-state index contributed by atoms with van der Waals surface area (Å²) in [7, 11) is 16.8. The van der Waals surface area contributed by atoms with Crippen LogP contribution in [0.15, 0.2) is 65.6 Å². The predicted molar refractivity (Wildman–Crippen MR) is 198 cm³/mol. The molecule has 0 fully saturated rings. The molecule has 1 atom stereocenters. The second-order valence-electron chi connectivity index (χ2n) is 14.0. The average molecular weight is 602 g/mol. The number of ether oxygens (including phenoxy) is 3. The third-order valence-electron chi connectivity index (χ3n) is 9.82. The summed E-state index contributed by atoms with van der Waals surface area (Å²) in [4.78, 5) is 27.2. The Bertz CT molecular complexity index is 1560. The Kier molecular flexibility index (Phi) is 9.47. The van der Waals surface area contributed by atoms with Crippen LogP contribution in [0.4, 0.5) is 0 Å². The monoisotopic (exact) mass is 603 g/mol. The van der Waals surface area contributed by atoms with Gasteiger partial charge in [0.15, 0.2) is 24.8 Å². The quantitative estimate of drug-likeness (QED) is 0.189. The van der Waals surface area contributed by atoms with E-state index in [4.69, 9.17) is 14.2 Å². The fourth-order valence-corrected chi connectivity index (χ4v) is 5.97. The molecule has 16 heteroatoms. The van der Waals surface area contributed by atoms with E-state index in [0.717, 1.165) is 4.90 Å². The summed E-state index contributed by atoms with van der Waals surface area (Å²) in [5, 5.41) is 8.88. The van der Waals surface area contributed by atoms with Gasteiger partial charge in [-0.1, -0.05) is 37.3 Å². The SMILES string of the molecule is BC(Oc1ccc(C(=O)O)cc1C(B)(B)C(B)(B)C(B)(B)B)(C(=O)NSc1ccc(C(C)C)cc1)c1ccc2c(c1)OCO2. The van der Waals surface area contributed by atoms with E-state index in [1.165, 1.54) is 23.6 Å². The van der Waals surface area contributed by atoms with Gasteiger partial charge in [0, 0.05) is 4.90 Å². The van der Waals surface area contributed by atoms with E-state index in [0.29, 0.717) is 34.3 Å². The van der Waals surface area contributed by atoms with Crippen molar-refractivity contribution in [2.45, 2.75) is 45.7 Å². The number of carboxylic acid groups (broad SMARTS) is 1. The van der Waals surface area contributed by atoms with Gasteiger partial charge in [-0.05, 0) is 77.0 Å². The van der Waals surface area contributed by atoms with Gasteiger partial charge < -0.3 is 19.3 Å². The first-order valence-electron chi connectivity index (χ1n) is 14.9. The number of hydrogen-bond acceptors (Lipinski definition) is 6. The van der Waals surface area contributed by atoms with E-state index in [1.54, 1.807) is 38.2 Å². The van der Waals surface area contributed by atoms with Crippen molar-refractivity contribution in [2.75, 3.05) is 6.79 Å². The van der Waals surface area contributed by atoms with Gasteiger partial charge in [0.1, 0.15) is 21.4 Å². The van der Waals surface area contributed by atoms with Crippen LogP contribution >= 0.6 is 11.9 Å². The molecule has 1 unspecified atom stereocenters. The van der Waals surface area contributed by atoms with Crippen LogP contribution in [-0.2, 0) is 15.5 Å². The number of carboxylic acids is 1. The van der Waals surface area contributed by atoms with Gasteiger partial charge in [0.05, 0.1) is 44.8 Å². The van der Waals surface area contributed by atoms with Crippen LogP contribution in [0.5, 0.6) is 17.2 Å². The van der Waals surface area contributed by atoms with E-state index in [1.807, 2.05) is 12.1 Å². The average Bonchev–Trinajstić information content (AvgIpc) is 3.43. The molecular weight excluding hydrogens is 565 g/mol. The van der Waals surface area contributed by atoms with Crippen molar-refractivity contribution in [2.24, 2.45) is 0 Å². The molecule has 1 heterocycles. The smallest absolute Gasteiger partial charge is 0.335 e. The third kappa shape index (κ3) is 6.46. The van der Waals surface area contributed by atoms with Crippen molar-refractivity contribution >= 4 is 86.6 Å². The fourth-order valence-electron chi connectivity index (χ4n) is 5.29. The number of rotatable bonds is 11. The summed E-state index contributed by atoms with van der Waals surface area (Å²) in [5.41, 5.74) is 1.12. The molecule has 4 rings (SSSR count). The summed E-state index contributed by atoms with van der Waals surface area (Å²) >= 11 is 1.22. The molecule has 0 saturated heterocycles. The largest absolute Gasteiger partial charge is 0.482 e. The van der Waals surface area contributed by atoms with Gasteiger partial charge in [0.2, 0.25) is 6.79 Å². The zero-order valence-electron chi connectivity index (χ0n) is 27.5. The number of benzene rings is 3. The van der Waals surface area contributed by atoms with E-state index < -0.39 is 16.7 Å². The minimum atomic E-state index is -1.52. The number of nitrogens with one attached hydrogen (secondary N) is 1. The highest BCUT2D eigenvalue weighted by atomic mass is 32.2. The lowest BCUT2D eigenvalue weighted by Gasteiger charge is -2.53. The third-order valence-corrected chi connectivity index (χ3v) is 10.6. The second-order valence-corrected chi connectivity index (χ2v) is 14.9. The first-order chi connectivity index (χ1) is 20.4. The molecule has 7 nitrogen and oxygen atoms in total. The number of carbonyl (C=O) groups is 2. The Balaban J connectivity index is 1.80. The second kappa shape index (κ2) is 12.3. The molecule has 0 saturated carbocycles. The van der Waals surface area contributed by atoms with E-state index in [-0.39, 0.29) is 28.6 Å². The van der Waals surface area contributed by atoms with Crippen LogP contribution in [0.25, 0.3) is 0 Å². The van der Waals surface area contributed by atoms with Crippen molar-refractivity contribution in [3.8, 4) is 17.2 Å². The zero-order valence-corrected chi connectivity index (χ0v) is 28.3. The van der Waals surface area contributed by atoms with Crippen molar-refractivity contribution in [1.82, 2.24) is 4.72 Å². The van der Waals surface area contributed by atoms with Gasteiger partial charge in [-0.25, -0.2) is 4.79 Å². The number of aromatic carboxylic acids is 1. The van der Waals surface area contributed by atoms with Gasteiger partial charge in [-0.3, -0.25) is 9.52 Å². The molecule has 0 spiro atoms. The highest BCUT2D eigenvalue weighted by Crippen LogP contribution is 2.53. The molecule has 1 amide bonds. The number of carbonyl (C=O) groups excluding carboxylic acids is 1. The normalized spacial score (nSPS) is 14.5. The maximum Gasteiger partial charge on any atom is 0.335 e. The molecule has 3 aromatic carbocycles. The molecule has 1 aliphatic heterocycles. The molecule has 0 aromatic heterocycles. The fraction of sp³-hybridized carbons (Fsp3) is 0.286. The Hall–Kier alpha value is -3.13. The van der Waals surface area contributed by atoms with Crippen LogP contribution in [0.3, 0.4) is 0 Å². The van der Waals surface area contributed by atoms with Gasteiger partial charge in [-0.2, -0.15) is 0 Å². The molecular formula is C28H37B8NO6S. The molecule has 44 heavy (non-hydrogen) atoms. The topological polar surface area (TPSA) is 94.1 Å². The molecule has 1 aliphatic rings. The minimum absolute atomic E-state index is 0.0989. The van der Waals surface area contributed by atoms with E-state index in [9.17, 15) is 14.7 Å². The molecule has 2 N–H and O–H groups in total. The summed E-state index contributed by atoms with van der Waals surface area (Å²) in [5.74, 6) is 0.543. The molecule has 220 valence electrons. The Morgan fingerprint density at radius 2 is 1.52 bits per heavy atom. The van der Waals surface area contributed by atoms with Crippen molar-refractivity contribution < 1.29 is 28.9 Å². The number of fused-ring (bicyclic) bond motifs is 1. The molecule has 0 bridgehead atoms. The zero-order chi connectivity index (χ0) is 32.7. The minimum Gasteiger partial charge on any atom is -0.482 e. The maximum atomic E-state index is 14.2. The van der Waals surface area contributed by atoms with Gasteiger partial charge >= 0.3 is 5.97 Å². The lowest BCUT2D eigenvalue weighted by Crippen LogP contribution is -2.52. The van der Waals surface area contributed by atoms with Gasteiger partial charge in [-0.15, -0.1) is 10.3 Å². The first kappa shape index (κ1) is 33.8. The van der Waals surface area contributed by atoms with E-state index in [2.05, 4.69) is 85.6 Å². The van der Waals surface area contributed by atoms with Crippen molar-refractivity contribution in [3.05, 3.63) is 82.9 Å². The summed E-state index contributed by atoms with van der Waals surface area (Å²) in [6.07, 6.45) is 0. The summed E-state index contributed by atoms with van der Waals surface area (Å²) in [6, 6.07) is 18.3. The van der Waals surface area contributed by atoms with Crippen LogP contribution in [-0.4, -0.2) is 86.5 Å². The standard InChI is InChI=1S/C28H37B8NO6S/c1-14(2)15-3-7-18(8-4-15)44-37-24(40)25(29,17-6-10-21-22(12-17)42-13-41-21)43-20-9-5-16(23(38)39)11-19(20)26(30,31)27(32,33)28(34,35)36/h3-12,14H,13,29-36H2,1-2H3,(H,37,40)(H,38,39). The first-order valence-corrected chi connectivity index (χ1v) is 15.7. The number of amides is 1. The van der Waals surface area contributed by atoms with E-state index >= 15 is 0 Å². The Morgan fingerprint density at radius 1 is 0.886 bits per heavy atom. The van der Waals surface area contributed by atoms with Crippen LogP contribution in [0.1, 0.15) is 46.8 Å².